The molecule has 0 fully saturated rings. The third-order valence-electron chi connectivity index (χ3n) is 5.77. The first-order valence-corrected chi connectivity index (χ1v) is 10.6. The van der Waals surface area contributed by atoms with Crippen LogP contribution in [0.2, 0.25) is 0 Å². The van der Waals surface area contributed by atoms with Gasteiger partial charge < -0.3 is 9.42 Å². The molecule has 1 aliphatic rings. The van der Waals surface area contributed by atoms with Crippen LogP contribution in [0.1, 0.15) is 46.0 Å². The maximum Gasteiger partial charge on any atom is 0.274 e. The van der Waals surface area contributed by atoms with Crippen molar-refractivity contribution in [2.24, 2.45) is 0 Å². The van der Waals surface area contributed by atoms with Gasteiger partial charge in [0.25, 0.3) is 5.91 Å². The van der Waals surface area contributed by atoms with Gasteiger partial charge >= 0.3 is 0 Å². The van der Waals surface area contributed by atoms with E-state index in [4.69, 9.17) is 4.52 Å². The fourth-order valence-corrected chi connectivity index (χ4v) is 4.68. The van der Waals surface area contributed by atoms with Crippen molar-refractivity contribution in [3.8, 4) is 11.1 Å². The first-order chi connectivity index (χ1) is 14.4. The summed E-state index contributed by atoms with van der Waals surface area (Å²) < 4.78 is 7.84. The molecule has 0 spiro atoms. The van der Waals surface area contributed by atoms with Crippen LogP contribution in [0.25, 0.3) is 16.8 Å². The lowest BCUT2D eigenvalue weighted by molar-refractivity contribution is 0.0672. The quantitative estimate of drug-likeness (QED) is 0.434. The van der Waals surface area contributed by atoms with Crippen LogP contribution in [0, 0.1) is 13.8 Å². The Labute approximate surface area is 181 Å². The number of hydrogen-bond acceptors (Lipinski definition) is 5. The minimum Gasteiger partial charge on any atom is -0.361 e. The van der Waals surface area contributed by atoms with Crippen molar-refractivity contribution in [2.45, 2.75) is 33.2 Å². The highest BCUT2D eigenvalue weighted by molar-refractivity contribution is 9.10. The summed E-state index contributed by atoms with van der Waals surface area (Å²) in [4.78, 5) is 19.6. The lowest BCUT2D eigenvalue weighted by atomic mass is 9.86. The Bertz CT molecular complexity index is 1270. The number of aromatic nitrogens is 4. The minimum atomic E-state index is -0.101. The van der Waals surface area contributed by atoms with Gasteiger partial charge in [0, 0.05) is 30.6 Å². The zero-order valence-electron chi connectivity index (χ0n) is 16.9. The average molecular weight is 466 g/mol. The third-order valence-corrected chi connectivity index (χ3v) is 6.18. The normalized spacial score (nSPS) is 16.1. The van der Waals surface area contributed by atoms with E-state index in [-0.39, 0.29) is 11.9 Å². The molecule has 1 aromatic carbocycles. The molecule has 0 aliphatic carbocycles. The van der Waals surface area contributed by atoms with Crippen LogP contribution < -0.4 is 0 Å². The molecular formula is C22H20BrN5O2. The molecule has 1 aliphatic heterocycles. The van der Waals surface area contributed by atoms with Gasteiger partial charge in [-0.1, -0.05) is 23.4 Å². The second-order valence-electron chi connectivity index (χ2n) is 7.61. The summed E-state index contributed by atoms with van der Waals surface area (Å²) in [6.07, 6.45) is 4.28. The molecule has 1 amide bonds. The highest BCUT2D eigenvalue weighted by Crippen LogP contribution is 2.40. The molecule has 152 valence electrons. The fraction of sp³-hybridized carbons (Fsp3) is 0.273. The fourth-order valence-electron chi connectivity index (χ4n) is 4.38. The molecule has 0 saturated heterocycles. The Hall–Kier alpha value is -3.00. The number of halogens is 1. The van der Waals surface area contributed by atoms with Crippen LogP contribution in [0.3, 0.4) is 0 Å². The van der Waals surface area contributed by atoms with Gasteiger partial charge in [0.05, 0.1) is 16.2 Å². The van der Waals surface area contributed by atoms with E-state index in [0.29, 0.717) is 17.9 Å². The topological polar surface area (TPSA) is 76.5 Å². The Kier molecular flexibility index (Phi) is 4.47. The van der Waals surface area contributed by atoms with Gasteiger partial charge in [-0.25, -0.2) is 9.50 Å². The zero-order valence-corrected chi connectivity index (χ0v) is 18.5. The minimum absolute atomic E-state index is 0.0941. The molecule has 0 saturated carbocycles. The highest BCUT2D eigenvalue weighted by Gasteiger charge is 2.32. The summed E-state index contributed by atoms with van der Waals surface area (Å²) in [5.41, 5.74) is 6.38. The van der Waals surface area contributed by atoms with Crippen molar-refractivity contribution in [1.29, 1.82) is 0 Å². The Morgan fingerprint density at radius 2 is 2.13 bits per heavy atom. The standard InChI is InChI=1S/C22H20BrN5O2/c1-12-20(14(3)30-26-12)17-6-4-5-15-7-8-27(13(2)21(15)17)22(29)18-9-19-24-10-16(23)11-28(19)25-18/h4-6,9-11,13H,7-8H2,1-3H3. The van der Waals surface area contributed by atoms with Gasteiger partial charge in [0.2, 0.25) is 0 Å². The number of nitrogens with zero attached hydrogens (tertiary/aromatic N) is 5. The Morgan fingerprint density at radius 3 is 2.90 bits per heavy atom. The SMILES string of the molecule is Cc1noc(C)c1-c1cccc2c1C(C)N(C(=O)c1cc3ncc(Br)cn3n1)CC2. The van der Waals surface area contributed by atoms with E-state index in [1.807, 2.05) is 18.7 Å². The predicted molar refractivity (Wildman–Crippen MR) is 115 cm³/mol. The molecule has 0 radical (unpaired) electrons. The summed E-state index contributed by atoms with van der Waals surface area (Å²) in [5, 5.41) is 8.57. The van der Waals surface area contributed by atoms with Crippen molar-refractivity contribution in [3.05, 3.63) is 69.4 Å². The number of amides is 1. The Morgan fingerprint density at radius 1 is 1.30 bits per heavy atom. The number of aryl methyl sites for hydroxylation is 2. The van der Waals surface area contributed by atoms with Crippen molar-refractivity contribution in [2.75, 3.05) is 6.54 Å². The molecule has 7 nitrogen and oxygen atoms in total. The second kappa shape index (κ2) is 7.05. The van der Waals surface area contributed by atoms with Crippen LogP contribution in [-0.2, 0) is 6.42 Å². The highest BCUT2D eigenvalue weighted by atomic mass is 79.9. The molecule has 8 heteroatoms. The van der Waals surface area contributed by atoms with Gasteiger partial charge in [0.1, 0.15) is 5.76 Å². The molecular weight excluding hydrogens is 446 g/mol. The lowest BCUT2D eigenvalue weighted by Crippen LogP contribution is -2.39. The molecule has 4 aromatic rings. The summed E-state index contributed by atoms with van der Waals surface area (Å²) in [5.74, 6) is 0.692. The van der Waals surface area contributed by atoms with Crippen molar-refractivity contribution in [3.63, 3.8) is 0 Å². The van der Waals surface area contributed by atoms with Gasteiger partial charge in [0.15, 0.2) is 11.3 Å². The van der Waals surface area contributed by atoms with E-state index >= 15 is 0 Å². The first-order valence-electron chi connectivity index (χ1n) is 9.81. The number of rotatable bonds is 2. The van der Waals surface area contributed by atoms with E-state index in [1.165, 1.54) is 5.56 Å². The monoisotopic (exact) mass is 465 g/mol. The van der Waals surface area contributed by atoms with Crippen LogP contribution in [0.15, 0.2) is 45.7 Å². The molecule has 3 aromatic heterocycles. The summed E-state index contributed by atoms with van der Waals surface area (Å²) in [7, 11) is 0. The maximum absolute atomic E-state index is 13.4. The first kappa shape index (κ1) is 19.0. The number of carbonyl (C=O) groups is 1. The molecule has 4 heterocycles. The average Bonchev–Trinajstić information content (AvgIpc) is 3.30. The van der Waals surface area contributed by atoms with Gasteiger partial charge in [-0.3, -0.25) is 4.79 Å². The molecule has 1 atom stereocenters. The van der Waals surface area contributed by atoms with Crippen LogP contribution in [0.5, 0.6) is 0 Å². The van der Waals surface area contributed by atoms with Crippen molar-refractivity contribution < 1.29 is 9.32 Å². The van der Waals surface area contributed by atoms with Crippen molar-refractivity contribution in [1.82, 2.24) is 24.7 Å². The number of benzene rings is 1. The molecule has 0 bridgehead atoms. The summed E-state index contributed by atoms with van der Waals surface area (Å²) >= 11 is 3.39. The number of hydrogen-bond donors (Lipinski definition) is 0. The molecule has 0 N–H and O–H groups in total. The smallest absolute Gasteiger partial charge is 0.274 e. The van der Waals surface area contributed by atoms with E-state index in [9.17, 15) is 4.79 Å². The molecule has 1 unspecified atom stereocenters. The van der Waals surface area contributed by atoms with Gasteiger partial charge in [-0.05, 0) is 59.8 Å². The predicted octanol–water partition coefficient (Wildman–Crippen LogP) is 4.52. The summed E-state index contributed by atoms with van der Waals surface area (Å²) in [6.45, 7) is 6.58. The van der Waals surface area contributed by atoms with E-state index in [1.54, 1.807) is 23.0 Å². The van der Waals surface area contributed by atoms with Crippen LogP contribution in [0.4, 0.5) is 0 Å². The maximum atomic E-state index is 13.4. The Balaban J connectivity index is 1.56. The molecule has 5 rings (SSSR count). The van der Waals surface area contributed by atoms with E-state index in [2.05, 4.69) is 56.3 Å². The largest absolute Gasteiger partial charge is 0.361 e. The van der Waals surface area contributed by atoms with Crippen LogP contribution >= 0.6 is 15.9 Å². The third kappa shape index (κ3) is 2.94. The van der Waals surface area contributed by atoms with Gasteiger partial charge in [-0.2, -0.15) is 5.10 Å². The zero-order chi connectivity index (χ0) is 21.0. The number of carbonyl (C=O) groups excluding carboxylic acids is 1. The van der Waals surface area contributed by atoms with E-state index < -0.39 is 0 Å². The lowest BCUT2D eigenvalue weighted by Gasteiger charge is -2.36. The molecule has 30 heavy (non-hydrogen) atoms. The summed E-state index contributed by atoms with van der Waals surface area (Å²) in [6, 6.07) is 7.92. The second-order valence-corrected chi connectivity index (χ2v) is 8.52. The van der Waals surface area contributed by atoms with Crippen LogP contribution in [-0.4, -0.2) is 37.1 Å². The van der Waals surface area contributed by atoms with Crippen molar-refractivity contribution >= 4 is 27.5 Å². The number of fused-ring (bicyclic) bond motifs is 2. The van der Waals surface area contributed by atoms with E-state index in [0.717, 1.165) is 39.0 Å². The van der Waals surface area contributed by atoms with Gasteiger partial charge in [-0.15, -0.1) is 0 Å².